The van der Waals surface area contributed by atoms with Gasteiger partial charge >= 0.3 is 5.97 Å². The van der Waals surface area contributed by atoms with Gasteiger partial charge in [0.05, 0.1) is 12.2 Å². The molecule has 0 heterocycles. The summed E-state index contributed by atoms with van der Waals surface area (Å²) in [6.07, 6.45) is 6.41. The quantitative estimate of drug-likeness (QED) is 0.514. The van der Waals surface area contributed by atoms with Crippen molar-refractivity contribution < 1.29 is 19.4 Å². The summed E-state index contributed by atoms with van der Waals surface area (Å²) in [7, 11) is 0. The van der Waals surface area contributed by atoms with Crippen LogP contribution in [0.15, 0.2) is 59.7 Å². The molecule has 4 heteroatoms. The Labute approximate surface area is 153 Å². The highest BCUT2D eigenvalue weighted by Gasteiger charge is 2.36. The lowest BCUT2D eigenvalue weighted by Crippen LogP contribution is -2.27. The standard InChI is InChI=1S/C22H22O4/c1-4-26-21(24)18-10-8-17(9-11-18)6-5-14-22(25)15-13-20(23)19(22)12-7-16(2)3/h7-13,15,25H,4,14H2,1-3H3/b19-12-. The fourth-order valence-electron chi connectivity index (χ4n) is 2.42. The molecular weight excluding hydrogens is 328 g/mol. The molecule has 1 unspecified atom stereocenters. The minimum absolute atomic E-state index is 0.108. The van der Waals surface area contributed by atoms with E-state index in [1.165, 1.54) is 12.2 Å². The Bertz CT molecular complexity index is 840. The van der Waals surface area contributed by atoms with Crippen LogP contribution in [0.2, 0.25) is 0 Å². The second-order valence-corrected chi connectivity index (χ2v) is 6.22. The number of hydrogen-bond donors (Lipinski definition) is 1. The molecule has 0 aliphatic heterocycles. The summed E-state index contributed by atoms with van der Waals surface area (Å²) in [6, 6.07) is 6.74. The topological polar surface area (TPSA) is 63.6 Å². The van der Waals surface area contributed by atoms with Gasteiger partial charge in [-0.15, -0.1) is 0 Å². The van der Waals surface area contributed by atoms with Crippen LogP contribution in [0.4, 0.5) is 0 Å². The van der Waals surface area contributed by atoms with Crippen molar-refractivity contribution in [1.82, 2.24) is 0 Å². The number of ether oxygens (including phenoxy) is 1. The SMILES string of the molecule is CCOC(=O)c1ccc(C#CCC2(O)C=CC(=O)/C2=C/C=C(C)C)cc1. The predicted octanol–water partition coefficient (Wildman–Crippen LogP) is 3.37. The van der Waals surface area contributed by atoms with E-state index in [0.717, 1.165) is 5.57 Å². The highest BCUT2D eigenvalue weighted by Crippen LogP contribution is 2.29. The van der Waals surface area contributed by atoms with E-state index < -0.39 is 5.60 Å². The zero-order valence-corrected chi connectivity index (χ0v) is 15.2. The summed E-state index contributed by atoms with van der Waals surface area (Å²) < 4.78 is 4.93. The van der Waals surface area contributed by atoms with Crippen LogP contribution in [0.25, 0.3) is 0 Å². The average Bonchev–Trinajstić information content (AvgIpc) is 2.88. The molecule has 0 saturated carbocycles. The molecule has 0 spiro atoms. The Morgan fingerprint density at radius 3 is 2.58 bits per heavy atom. The summed E-state index contributed by atoms with van der Waals surface area (Å²) in [5.41, 5.74) is 1.16. The van der Waals surface area contributed by atoms with Gasteiger partial charge in [-0.1, -0.05) is 29.6 Å². The first kappa shape index (κ1) is 19.4. The molecular formula is C22H22O4. The molecule has 0 radical (unpaired) electrons. The first-order valence-electron chi connectivity index (χ1n) is 8.43. The molecule has 1 aromatic carbocycles. The highest BCUT2D eigenvalue weighted by atomic mass is 16.5. The van der Waals surface area contributed by atoms with Gasteiger partial charge in [-0.2, -0.15) is 0 Å². The van der Waals surface area contributed by atoms with Gasteiger partial charge in [0.1, 0.15) is 5.60 Å². The van der Waals surface area contributed by atoms with Gasteiger partial charge in [0.15, 0.2) is 5.78 Å². The Kier molecular flexibility index (Phi) is 6.32. The number of ketones is 1. The zero-order valence-electron chi connectivity index (χ0n) is 15.2. The van der Waals surface area contributed by atoms with Crippen molar-refractivity contribution in [3.63, 3.8) is 0 Å². The van der Waals surface area contributed by atoms with E-state index >= 15 is 0 Å². The number of rotatable bonds is 4. The minimum Gasteiger partial charge on any atom is -0.462 e. The smallest absolute Gasteiger partial charge is 0.338 e. The van der Waals surface area contributed by atoms with E-state index in [1.54, 1.807) is 43.3 Å². The largest absolute Gasteiger partial charge is 0.462 e. The third-order valence-electron chi connectivity index (χ3n) is 3.81. The lowest BCUT2D eigenvalue weighted by Gasteiger charge is -2.19. The van der Waals surface area contributed by atoms with Crippen LogP contribution >= 0.6 is 0 Å². The molecule has 1 N–H and O–H groups in total. The number of benzene rings is 1. The van der Waals surface area contributed by atoms with Crippen molar-refractivity contribution in [3.8, 4) is 11.8 Å². The average molecular weight is 350 g/mol. The van der Waals surface area contributed by atoms with E-state index in [4.69, 9.17) is 4.74 Å². The predicted molar refractivity (Wildman–Crippen MR) is 101 cm³/mol. The minimum atomic E-state index is -1.37. The molecule has 0 fully saturated rings. The fourth-order valence-corrected chi connectivity index (χ4v) is 2.42. The molecule has 2 rings (SSSR count). The molecule has 1 atom stereocenters. The maximum Gasteiger partial charge on any atom is 0.338 e. The van der Waals surface area contributed by atoms with Gasteiger partial charge in [0.2, 0.25) is 0 Å². The van der Waals surface area contributed by atoms with Gasteiger partial charge in [0, 0.05) is 17.6 Å². The molecule has 0 bridgehead atoms. The van der Waals surface area contributed by atoms with Gasteiger partial charge in [-0.05, 0) is 57.2 Å². The zero-order chi connectivity index (χ0) is 19.2. The van der Waals surface area contributed by atoms with Crippen molar-refractivity contribution >= 4 is 11.8 Å². The van der Waals surface area contributed by atoms with E-state index in [-0.39, 0.29) is 18.2 Å². The maximum atomic E-state index is 12.0. The number of aliphatic hydroxyl groups is 1. The molecule has 1 aromatic rings. The lowest BCUT2D eigenvalue weighted by molar-refractivity contribution is -0.112. The van der Waals surface area contributed by atoms with E-state index in [2.05, 4.69) is 11.8 Å². The van der Waals surface area contributed by atoms with E-state index in [9.17, 15) is 14.7 Å². The van der Waals surface area contributed by atoms with Crippen LogP contribution in [-0.2, 0) is 9.53 Å². The second-order valence-electron chi connectivity index (χ2n) is 6.22. The first-order valence-corrected chi connectivity index (χ1v) is 8.43. The number of hydrogen-bond acceptors (Lipinski definition) is 4. The summed E-state index contributed by atoms with van der Waals surface area (Å²) in [6.45, 7) is 5.92. The molecule has 0 saturated heterocycles. The van der Waals surface area contributed by atoms with E-state index in [0.29, 0.717) is 23.3 Å². The van der Waals surface area contributed by atoms with Crippen LogP contribution in [-0.4, -0.2) is 29.1 Å². The van der Waals surface area contributed by atoms with Crippen molar-refractivity contribution in [2.24, 2.45) is 0 Å². The normalized spacial score (nSPS) is 19.8. The van der Waals surface area contributed by atoms with Gasteiger partial charge in [0.25, 0.3) is 0 Å². The third kappa shape index (κ3) is 4.81. The molecule has 26 heavy (non-hydrogen) atoms. The summed E-state index contributed by atoms with van der Waals surface area (Å²) in [5, 5.41) is 10.7. The molecule has 1 aliphatic carbocycles. The van der Waals surface area contributed by atoms with E-state index in [1.807, 2.05) is 13.8 Å². The van der Waals surface area contributed by atoms with Gasteiger partial charge < -0.3 is 9.84 Å². The Morgan fingerprint density at radius 1 is 1.27 bits per heavy atom. The Morgan fingerprint density at radius 2 is 1.96 bits per heavy atom. The lowest BCUT2D eigenvalue weighted by atomic mass is 9.92. The number of carbonyl (C=O) groups is 2. The highest BCUT2D eigenvalue weighted by molar-refractivity contribution is 6.09. The van der Waals surface area contributed by atoms with Gasteiger partial charge in [-0.25, -0.2) is 4.79 Å². The number of esters is 1. The van der Waals surface area contributed by atoms with Crippen LogP contribution in [0.1, 0.15) is 43.1 Å². The van der Waals surface area contributed by atoms with Crippen molar-refractivity contribution in [2.45, 2.75) is 32.8 Å². The molecule has 4 nitrogen and oxygen atoms in total. The summed E-state index contributed by atoms with van der Waals surface area (Å²) in [4.78, 5) is 23.6. The van der Waals surface area contributed by atoms with Crippen molar-refractivity contribution in [3.05, 3.63) is 70.8 Å². The van der Waals surface area contributed by atoms with Crippen LogP contribution in [0.5, 0.6) is 0 Å². The number of allylic oxidation sites excluding steroid dienone is 4. The molecule has 1 aliphatic rings. The number of carbonyl (C=O) groups excluding carboxylic acids is 2. The monoisotopic (exact) mass is 350 g/mol. The molecule has 134 valence electrons. The van der Waals surface area contributed by atoms with Gasteiger partial charge in [-0.3, -0.25) is 4.79 Å². The van der Waals surface area contributed by atoms with Crippen molar-refractivity contribution in [2.75, 3.05) is 6.61 Å². The summed E-state index contributed by atoms with van der Waals surface area (Å²) >= 11 is 0. The van der Waals surface area contributed by atoms with Crippen molar-refractivity contribution in [1.29, 1.82) is 0 Å². The Hall–Kier alpha value is -2.90. The second kappa shape index (κ2) is 8.46. The van der Waals surface area contributed by atoms with Crippen LogP contribution in [0.3, 0.4) is 0 Å². The van der Waals surface area contributed by atoms with Crippen LogP contribution < -0.4 is 0 Å². The Balaban J connectivity index is 2.12. The third-order valence-corrected chi connectivity index (χ3v) is 3.81. The maximum absolute atomic E-state index is 12.0. The fraction of sp³-hybridized carbons (Fsp3) is 0.273. The van der Waals surface area contributed by atoms with Crippen LogP contribution in [0, 0.1) is 11.8 Å². The summed E-state index contributed by atoms with van der Waals surface area (Å²) in [5.74, 6) is 5.29. The first-order chi connectivity index (χ1) is 12.4. The molecule has 0 aromatic heterocycles. The molecule has 0 amide bonds.